The molecule has 152 valence electrons. The standard InChI is InChI=1S/C14H12.2C3H8.2C2H6.2CH4/c1-2-6-12-10-14-8-4-3-7-13(14)9-11(12)5-1;2*1-3-2;2*1-2;;/h1-8H,9-10H2;2*3H2,1-2H3;2*1-2H3;2*1H4. The van der Waals surface area contributed by atoms with Crippen LogP contribution >= 0.6 is 0 Å². The van der Waals surface area contributed by atoms with Crippen LogP contribution in [0.5, 0.6) is 0 Å². The van der Waals surface area contributed by atoms with E-state index in [1.54, 1.807) is 0 Å². The van der Waals surface area contributed by atoms with E-state index in [9.17, 15) is 0 Å². The van der Waals surface area contributed by atoms with Crippen molar-refractivity contribution >= 4 is 0 Å². The molecule has 2 aromatic rings. The van der Waals surface area contributed by atoms with Crippen molar-refractivity contribution in [2.45, 2.75) is 95.9 Å². The first-order valence-corrected chi connectivity index (χ1v) is 9.90. The molecule has 0 spiro atoms. The van der Waals surface area contributed by atoms with Gasteiger partial charge in [-0.3, -0.25) is 0 Å². The van der Waals surface area contributed by atoms with E-state index in [0.29, 0.717) is 0 Å². The lowest BCUT2D eigenvalue weighted by molar-refractivity contribution is 1.00. The van der Waals surface area contributed by atoms with Gasteiger partial charge in [-0.05, 0) is 35.1 Å². The van der Waals surface area contributed by atoms with Crippen molar-refractivity contribution in [3.8, 4) is 0 Å². The second kappa shape index (κ2) is 23.4. The first-order chi connectivity index (χ1) is 11.8. The molecule has 0 fully saturated rings. The maximum absolute atomic E-state index is 2.24. The molecule has 0 radical (unpaired) electrons. The molecular weight excluding hydrogens is 312 g/mol. The van der Waals surface area contributed by atoms with Gasteiger partial charge in [-0.25, -0.2) is 0 Å². The zero-order valence-electron chi connectivity index (χ0n) is 17.4. The number of hydrogen-bond acceptors (Lipinski definition) is 0. The van der Waals surface area contributed by atoms with E-state index >= 15 is 0 Å². The van der Waals surface area contributed by atoms with Crippen molar-refractivity contribution in [2.75, 3.05) is 0 Å². The summed E-state index contributed by atoms with van der Waals surface area (Å²) in [6.07, 6.45) is 4.71. The van der Waals surface area contributed by atoms with E-state index in [2.05, 4.69) is 76.2 Å². The van der Waals surface area contributed by atoms with Crippen LogP contribution in [0.25, 0.3) is 0 Å². The largest absolute Gasteiger partial charge is 0.0776 e. The molecule has 0 amide bonds. The number of rotatable bonds is 0. The van der Waals surface area contributed by atoms with Crippen LogP contribution in [-0.2, 0) is 12.8 Å². The summed E-state index contributed by atoms with van der Waals surface area (Å²) >= 11 is 0. The quantitative estimate of drug-likeness (QED) is 0.374. The summed E-state index contributed by atoms with van der Waals surface area (Å²) < 4.78 is 0. The van der Waals surface area contributed by atoms with E-state index < -0.39 is 0 Å². The molecule has 26 heavy (non-hydrogen) atoms. The fourth-order valence-electron chi connectivity index (χ4n) is 2.22. The molecule has 0 aromatic heterocycles. The van der Waals surface area contributed by atoms with Crippen LogP contribution in [0.15, 0.2) is 48.5 Å². The molecule has 1 aliphatic carbocycles. The summed E-state index contributed by atoms with van der Waals surface area (Å²) in [7, 11) is 0. The fourth-order valence-corrected chi connectivity index (χ4v) is 2.22. The third kappa shape index (κ3) is 12.8. The third-order valence-electron chi connectivity index (χ3n) is 3.00. The highest BCUT2D eigenvalue weighted by Crippen LogP contribution is 2.26. The van der Waals surface area contributed by atoms with Crippen LogP contribution < -0.4 is 0 Å². The summed E-state index contributed by atoms with van der Waals surface area (Å²) in [5.74, 6) is 0. The van der Waals surface area contributed by atoms with Gasteiger partial charge in [-0.1, -0.05) is 132 Å². The van der Waals surface area contributed by atoms with Gasteiger partial charge in [0.05, 0.1) is 0 Å². The van der Waals surface area contributed by atoms with Gasteiger partial charge in [0.25, 0.3) is 0 Å². The molecule has 0 aliphatic heterocycles. The predicted molar refractivity (Wildman–Crippen MR) is 127 cm³/mol. The molecule has 0 atom stereocenters. The summed E-state index contributed by atoms with van der Waals surface area (Å²) in [5, 5.41) is 0. The Kier molecular flexibility index (Phi) is 29.0. The molecule has 0 nitrogen and oxygen atoms in total. The third-order valence-corrected chi connectivity index (χ3v) is 3.00. The van der Waals surface area contributed by atoms with E-state index in [0.717, 1.165) is 12.8 Å². The van der Waals surface area contributed by atoms with Crippen molar-refractivity contribution in [3.05, 3.63) is 70.8 Å². The van der Waals surface area contributed by atoms with E-state index in [1.165, 1.54) is 35.1 Å². The lowest BCUT2D eigenvalue weighted by Crippen LogP contribution is -2.06. The molecule has 0 saturated carbocycles. The van der Waals surface area contributed by atoms with E-state index in [-0.39, 0.29) is 14.9 Å². The molecule has 1 aliphatic rings. The highest BCUT2D eigenvalue weighted by Gasteiger charge is 2.12. The lowest BCUT2D eigenvalue weighted by Gasteiger charge is -2.18. The van der Waals surface area contributed by atoms with Crippen molar-refractivity contribution in [2.24, 2.45) is 0 Å². The molecule has 3 rings (SSSR count). The molecule has 0 N–H and O–H groups in total. The van der Waals surface area contributed by atoms with Gasteiger partial charge < -0.3 is 0 Å². The minimum Gasteiger partial charge on any atom is -0.0776 e. The van der Waals surface area contributed by atoms with Crippen molar-refractivity contribution < 1.29 is 0 Å². The zero-order chi connectivity index (χ0) is 18.8. The van der Waals surface area contributed by atoms with Gasteiger partial charge in [-0.15, -0.1) is 0 Å². The molecule has 0 heterocycles. The van der Waals surface area contributed by atoms with E-state index in [1.807, 2.05) is 27.7 Å². The fraction of sp³-hybridized carbons (Fsp3) is 0.538. The van der Waals surface area contributed by atoms with Crippen LogP contribution in [0.3, 0.4) is 0 Å². The Bertz CT molecular complexity index is 407. The Hall–Kier alpha value is -1.56. The Labute approximate surface area is 167 Å². The molecule has 0 saturated heterocycles. The van der Waals surface area contributed by atoms with Crippen LogP contribution in [0.2, 0.25) is 0 Å². The molecule has 0 heteroatoms. The van der Waals surface area contributed by atoms with Crippen LogP contribution in [0.1, 0.15) is 105 Å². The average molecular weight is 361 g/mol. The van der Waals surface area contributed by atoms with Crippen molar-refractivity contribution in [3.63, 3.8) is 0 Å². The molecule has 2 aromatic carbocycles. The van der Waals surface area contributed by atoms with Gasteiger partial charge >= 0.3 is 0 Å². The second-order valence-corrected chi connectivity index (χ2v) is 5.31. The molecule has 0 bridgehead atoms. The maximum atomic E-state index is 2.24. The Morgan fingerprint density at radius 2 is 0.654 bits per heavy atom. The molecule has 0 unspecified atom stereocenters. The highest BCUT2D eigenvalue weighted by atomic mass is 14.2. The minimum atomic E-state index is 0. The lowest BCUT2D eigenvalue weighted by atomic mass is 9.86. The van der Waals surface area contributed by atoms with Crippen LogP contribution in [-0.4, -0.2) is 0 Å². The monoisotopic (exact) mass is 360 g/mol. The highest BCUT2D eigenvalue weighted by molar-refractivity contribution is 5.44. The number of hydrogen-bond donors (Lipinski definition) is 0. The van der Waals surface area contributed by atoms with Gasteiger partial charge in [0, 0.05) is 0 Å². The maximum Gasteiger partial charge on any atom is -0.00201 e. The second-order valence-electron chi connectivity index (χ2n) is 5.31. The summed E-state index contributed by atoms with van der Waals surface area (Å²) in [6, 6.07) is 17.5. The summed E-state index contributed by atoms with van der Waals surface area (Å²) in [4.78, 5) is 0. The SMILES string of the molecule is C.C.CC.CC.CCC.CCC.c1ccc2c(c1)Cc1ccccc1C2. The average Bonchev–Trinajstić information content (AvgIpc) is 2.64. The Morgan fingerprint density at radius 3 is 0.808 bits per heavy atom. The van der Waals surface area contributed by atoms with Gasteiger partial charge in [0.1, 0.15) is 0 Å². The number of fused-ring (bicyclic) bond motifs is 2. The topological polar surface area (TPSA) is 0 Å². The Balaban J connectivity index is -0.000000175. The van der Waals surface area contributed by atoms with Gasteiger partial charge in [-0.2, -0.15) is 0 Å². The van der Waals surface area contributed by atoms with E-state index in [4.69, 9.17) is 0 Å². The zero-order valence-corrected chi connectivity index (χ0v) is 17.4. The normalized spacial score (nSPS) is 8.92. The predicted octanol–water partition coefficient (Wildman–Crippen LogP) is 9.34. The summed E-state index contributed by atoms with van der Waals surface area (Å²) in [6.45, 7) is 16.5. The minimum absolute atomic E-state index is 0. The van der Waals surface area contributed by atoms with Crippen molar-refractivity contribution in [1.29, 1.82) is 0 Å². The first-order valence-electron chi connectivity index (χ1n) is 9.90. The van der Waals surface area contributed by atoms with Gasteiger partial charge in [0.2, 0.25) is 0 Å². The smallest absolute Gasteiger partial charge is 0.00201 e. The first kappa shape index (κ1) is 32.1. The number of benzene rings is 2. The molecular formula is C26H48. The van der Waals surface area contributed by atoms with Crippen molar-refractivity contribution in [1.82, 2.24) is 0 Å². The Morgan fingerprint density at radius 1 is 0.500 bits per heavy atom. The summed E-state index contributed by atoms with van der Waals surface area (Å²) in [5.41, 5.74) is 5.97. The van der Waals surface area contributed by atoms with Crippen LogP contribution in [0, 0.1) is 0 Å². The van der Waals surface area contributed by atoms with Crippen LogP contribution in [0.4, 0.5) is 0 Å². The van der Waals surface area contributed by atoms with Gasteiger partial charge in [0.15, 0.2) is 0 Å².